The number of hydrogen-bond acceptors (Lipinski definition) is 5. The molecule has 1 aliphatic rings. The van der Waals surface area contributed by atoms with Crippen molar-refractivity contribution in [3.05, 3.63) is 33.9 Å². The maximum absolute atomic E-state index is 13.6. The number of nitro benzene ring substituents is 1. The van der Waals surface area contributed by atoms with Crippen LogP contribution in [0.25, 0.3) is 0 Å². The number of nitrogens with zero attached hydrogens (tertiary/aromatic N) is 1. The Morgan fingerprint density at radius 3 is 2.75 bits per heavy atom. The topological polar surface area (TPSA) is 107 Å². The minimum atomic E-state index is -1.50. The maximum atomic E-state index is 13.6. The van der Waals surface area contributed by atoms with Gasteiger partial charge < -0.3 is 15.8 Å². The van der Waals surface area contributed by atoms with Crippen molar-refractivity contribution in [1.82, 2.24) is 0 Å². The molecule has 0 aromatic heterocycles. The van der Waals surface area contributed by atoms with Gasteiger partial charge in [0.15, 0.2) is 17.3 Å². The van der Waals surface area contributed by atoms with Gasteiger partial charge in [0, 0.05) is 12.7 Å². The molecule has 1 heterocycles. The van der Waals surface area contributed by atoms with Crippen molar-refractivity contribution in [2.45, 2.75) is 12.0 Å². The first-order chi connectivity index (χ1) is 9.35. The van der Waals surface area contributed by atoms with Gasteiger partial charge in [-0.1, -0.05) is 0 Å². The third-order valence-corrected chi connectivity index (χ3v) is 3.01. The Morgan fingerprint density at radius 1 is 1.50 bits per heavy atom. The van der Waals surface area contributed by atoms with Crippen LogP contribution < -0.4 is 11.1 Å². The molecule has 1 aromatic rings. The molecule has 20 heavy (non-hydrogen) atoms. The molecule has 1 unspecified atom stereocenters. The second-order valence-corrected chi connectivity index (χ2v) is 4.43. The number of carbonyl (C=O) groups is 1. The molecule has 1 amide bonds. The summed E-state index contributed by atoms with van der Waals surface area (Å²) in [5.41, 5.74) is 2.74. The number of nitrogens with two attached hydrogens (primary N) is 1. The van der Waals surface area contributed by atoms with E-state index in [0.29, 0.717) is 6.07 Å². The number of halogens is 2. The van der Waals surface area contributed by atoms with E-state index in [1.54, 1.807) is 0 Å². The normalized spacial score (nSPS) is 21.8. The number of benzene rings is 1. The molecule has 0 aliphatic carbocycles. The third-order valence-electron chi connectivity index (χ3n) is 3.01. The highest BCUT2D eigenvalue weighted by Gasteiger charge is 2.39. The van der Waals surface area contributed by atoms with E-state index in [9.17, 15) is 23.7 Å². The number of rotatable bonds is 3. The van der Waals surface area contributed by atoms with Crippen molar-refractivity contribution in [2.24, 2.45) is 5.73 Å². The molecule has 3 N–H and O–H groups in total. The number of hydrogen-bond donors (Lipinski definition) is 2. The van der Waals surface area contributed by atoms with Crippen LogP contribution in [0.5, 0.6) is 0 Å². The van der Waals surface area contributed by atoms with Gasteiger partial charge in [0.25, 0.3) is 5.69 Å². The molecule has 0 saturated carbocycles. The summed E-state index contributed by atoms with van der Waals surface area (Å²) in [5.74, 6) is -3.67. The summed E-state index contributed by atoms with van der Waals surface area (Å²) in [6.45, 7) is 0.154. The van der Waals surface area contributed by atoms with Gasteiger partial charge in [-0.3, -0.25) is 14.9 Å². The van der Waals surface area contributed by atoms with Gasteiger partial charge in [-0.25, -0.2) is 8.78 Å². The van der Waals surface area contributed by atoms with Crippen LogP contribution in [0, 0.1) is 21.7 Å². The van der Waals surface area contributed by atoms with Gasteiger partial charge in [-0.05, 0) is 12.5 Å². The van der Waals surface area contributed by atoms with E-state index in [-0.39, 0.29) is 19.6 Å². The van der Waals surface area contributed by atoms with E-state index < -0.39 is 39.4 Å². The molecule has 0 spiro atoms. The van der Waals surface area contributed by atoms with Crippen molar-refractivity contribution in [1.29, 1.82) is 0 Å². The quantitative estimate of drug-likeness (QED) is 0.635. The zero-order chi connectivity index (χ0) is 14.9. The first-order valence-corrected chi connectivity index (χ1v) is 5.65. The number of amides is 1. The monoisotopic (exact) mass is 287 g/mol. The lowest BCUT2D eigenvalue weighted by molar-refractivity contribution is -0.384. The van der Waals surface area contributed by atoms with E-state index in [1.807, 2.05) is 5.32 Å². The lowest BCUT2D eigenvalue weighted by atomic mass is 9.99. The van der Waals surface area contributed by atoms with Gasteiger partial charge in [0.1, 0.15) is 5.54 Å². The highest BCUT2D eigenvalue weighted by molar-refractivity contribution is 6.00. The van der Waals surface area contributed by atoms with Gasteiger partial charge in [-0.15, -0.1) is 0 Å². The second-order valence-electron chi connectivity index (χ2n) is 4.43. The van der Waals surface area contributed by atoms with Crippen LogP contribution in [-0.4, -0.2) is 29.6 Å². The minimum Gasteiger partial charge on any atom is -0.379 e. The Kier molecular flexibility index (Phi) is 3.64. The Morgan fingerprint density at radius 2 is 2.20 bits per heavy atom. The van der Waals surface area contributed by atoms with Crippen LogP contribution in [0.15, 0.2) is 12.1 Å². The molecule has 0 bridgehead atoms. The van der Waals surface area contributed by atoms with Crippen molar-refractivity contribution in [2.75, 3.05) is 18.5 Å². The Balaban J connectivity index is 2.35. The fraction of sp³-hybridized carbons (Fsp3) is 0.364. The Labute approximate surface area is 111 Å². The Bertz CT molecular complexity index is 573. The van der Waals surface area contributed by atoms with Gasteiger partial charge >= 0.3 is 0 Å². The lowest BCUT2D eigenvalue weighted by Crippen LogP contribution is -2.51. The SMILES string of the molecule is NC1(C(=O)Nc2c([N+](=O)[O-])ccc(F)c2F)CCOC1. The van der Waals surface area contributed by atoms with Crippen LogP contribution in [0.2, 0.25) is 0 Å². The smallest absolute Gasteiger partial charge is 0.296 e. The summed E-state index contributed by atoms with van der Waals surface area (Å²) < 4.78 is 31.7. The van der Waals surface area contributed by atoms with E-state index in [0.717, 1.165) is 6.07 Å². The molecule has 1 aliphatic heterocycles. The average molecular weight is 287 g/mol. The van der Waals surface area contributed by atoms with Crippen molar-refractivity contribution in [3.63, 3.8) is 0 Å². The summed E-state index contributed by atoms with van der Waals surface area (Å²) in [6, 6.07) is 1.38. The van der Waals surface area contributed by atoms with E-state index in [1.165, 1.54) is 0 Å². The number of carbonyl (C=O) groups excluding carboxylic acids is 1. The Hall–Kier alpha value is -2.13. The first-order valence-electron chi connectivity index (χ1n) is 5.65. The number of anilines is 1. The van der Waals surface area contributed by atoms with Gasteiger partial charge in [0.2, 0.25) is 5.91 Å². The molecule has 0 radical (unpaired) electrons. The number of nitro groups is 1. The standard InChI is InChI=1S/C11H11F2N3O4/c12-6-1-2-7(16(18)19)9(8(6)13)15-10(17)11(14)3-4-20-5-11/h1-2H,3-5,14H2,(H,15,17). The van der Waals surface area contributed by atoms with Gasteiger partial charge in [-0.2, -0.15) is 0 Å². The minimum absolute atomic E-state index is 0.0937. The predicted octanol–water partition coefficient (Wildman–Crippen LogP) is 0.929. The maximum Gasteiger partial charge on any atom is 0.296 e. The lowest BCUT2D eigenvalue weighted by Gasteiger charge is -2.20. The molecular formula is C11H11F2N3O4. The fourth-order valence-electron chi connectivity index (χ4n) is 1.81. The molecule has 108 valence electrons. The second kappa shape index (κ2) is 5.10. The molecule has 2 rings (SSSR count). The summed E-state index contributed by atoms with van der Waals surface area (Å²) in [6.07, 6.45) is 0.184. The fourth-order valence-corrected chi connectivity index (χ4v) is 1.81. The molecule has 1 aromatic carbocycles. The zero-order valence-electron chi connectivity index (χ0n) is 10.2. The predicted molar refractivity (Wildman–Crippen MR) is 64.0 cm³/mol. The summed E-state index contributed by atoms with van der Waals surface area (Å²) in [7, 11) is 0. The van der Waals surface area contributed by atoms with Crippen LogP contribution in [0.4, 0.5) is 20.2 Å². The summed E-state index contributed by atoms with van der Waals surface area (Å²) >= 11 is 0. The average Bonchev–Trinajstić information content (AvgIpc) is 2.83. The molecular weight excluding hydrogens is 276 g/mol. The van der Waals surface area contributed by atoms with Crippen LogP contribution in [0.1, 0.15) is 6.42 Å². The van der Waals surface area contributed by atoms with Crippen LogP contribution in [-0.2, 0) is 9.53 Å². The zero-order valence-corrected chi connectivity index (χ0v) is 10.2. The van der Waals surface area contributed by atoms with E-state index in [4.69, 9.17) is 10.5 Å². The third kappa shape index (κ3) is 2.45. The van der Waals surface area contributed by atoms with Gasteiger partial charge in [0.05, 0.1) is 11.5 Å². The van der Waals surface area contributed by atoms with E-state index in [2.05, 4.69) is 0 Å². The highest BCUT2D eigenvalue weighted by Crippen LogP contribution is 2.30. The van der Waals surface area contributed by atoms with E-state index >= 15 is 0 Å². The van der Waals surface area contributed by atoms with Crippen LogP contribution >= 0.6 is 0 Å². The number of nitrogens with one attached hydrogen (secondary N) is 1. The van der Waals surface area contributed by atoms with Crippen molar-refractivity contribution in [3.8, 4) is 0 Å². The summed E-state index contributed by atoms with van der Waals surface area (Å²) in [4.78, 5) is 21.8. The van der Waals surface area contributed by atoms with Crippen molar-refractivity contribution < 1.29 is 23.2 Å². The van der Waals surface area contributed by atoms with Crippen molar-refractivity contribution >= 4 is 17.3 Å². The molecule has 7 nitrogen and oxygen atoms in total. The molecule has 1 atom stereocenters. The summed E-state index contributed by atoms with van der Waals surface area (Å²) in [5, 5.41) is 12.8. The largest absolute Gasteiger partial charge is 0.379 e. The van der Waals surface area contributed by atoms with Crippen LogP contribution in [0.3, 0.4) is 0 Å². The first kappa shape index (κ1) is 14.3. The number of ether oxygens (including phenoxy) is 1. The molecule has 1 fully saturated rings. The molecule has 9 heteroatoms. The highest BCUT2D eigenvalue weighted by atomic mass is 19.2. The molecule has 1 saturated heterocycles.